The van der Waals surface area contributed by atoms with E-state index in [2.05, 4.69) is 22.8 Å². The first-order valence-electron chi connectivity index (χ1n) is 9.62. The molecule has 1 aromatic rings. The standard InChI is InChI=1S/C20H36N2O2/c1-18(7-4-10-20(2,3)23)9-13-21-11-6-12-22(15-14-21)17-19-8-5-16-24-19/h5,8,16,18,23H,4,6-7,9-15,17H2,1-3H3. The minimum Gasteiger partial charge on any atom is -0.468 e. The molecule has 2 rings (SSSR count). The van der Waals surface area contributed by atoms with Crippen LogP contribution in [0.1, 0.15) is 58.6 Å². The topological polar surface area (TPSA) is 39.9 Å². The molecule has 1 aromatic heterocycles. The second-order valence-electron chi connectivity index (χ2n) is 8.15. The van der Waals surface area contributed by atoms with E-state index >= 15 is 0 Å². The fourth-order valence-corrected chi connectivity index (χ4v) is 3.46. The molecule has 1 fully saturated rings. The molecule has 2 heterocycles. The van der Waals surface area contributed by atoms with Gasteiger partial charge in [-0.05, 0) is 70.8 Å². The van der Waals surface area contributed by atoms with Gasteiger partial charge in [-0.2, -0.15) is 0 Å². The zero-order valence-electron chi connectivity index (χ0n) is 15.8. The molecular weight excluding hydrogens is 300 g/mol. The van der Waals surface area contributed by atoms with E-state index in [1.165, 1.54) is 38.9 Å². The Morgan fingerprint density at radius 2 is 1.92 bits per heavy atom. The molecular formula is C20H36N2O2. The van der Waals surface area contributed by atoms with Crippen LogP contribution in [0.5, 0.6) is 0 Å². The van der Waals surface area contributed by atoms with E-state index in [9.17, 15) is 5.11 Å². The third-order valence-corrected chi connectivity index (χ3v) is 5.06. The normalized spacial score (nSPS) is 19.3. The maximum absolute atomic E-state index is 9.79. The summed E-state index contributed by atoms with van der Waals surface area (Å²) in [5.41, 5.74) is -0.512. The first kappa shape index (κ1) is 19.5. The Morgan fingerprint density at radius 3 is 2.62 bits per heavy atom. The zero-order valence-corrected chi connectivity index (χ0v) is 15.8. The average Bonchev–Trinajstić information content (AvgIpc) is 2.90. The van der Waals surface area contributed by atoms with E-state index < -0.39 is 5.60 Å². The zero-order chi connectivity index (χ0) is 17.4. The van der Waals surface area contributed by atoms with Crippen molar-refractivity contribution in [2.75, 3.05) is 32.7 Å². The van der Waals surface area contributed by atoms with Gasteiger partial charge < -0.3 is 14.4 Å². The molecule has 0 bridgehead atoms. The molecule has 1 saturated heterocycles. The van der Waals surface area contributed by atoms with Crippen LogP contribution in [0.15, 0.2) is 22.8 Å². The monoisotopic (exact) mass is 336 g/mol. The molecule has 138 valence electrons. The van der Waals surface area contributed by atoms with Gasteiger partial charge in [-0.15, -0.1) is 0 Å². The quantitative estimate of drug-likeness (QED) is 0.745. The third-order valence-electron chi connectivity index (χ3n) is 5.06. The van der Waals surface area contributed by atoms with Gasteiger partial charge in [0.05, 0.1) is 18.4 Å². The smallest absolute Gasteiger partial charge is 0.117 e. The summed E-state index contributed by atoms with van der Waals surface area (Å²) in [5, 5.41) is 9.79. The lowest BCUT2D eigenvalue weighted by molar-refractivity contribution is 0.0667. The van der Waals surface area contributed by atoms with E-state index in [4.69, 9.17) is 4.42 Å². The molecule has 1 aliphatic heterocycles. The maximum atomic E-state index is 9.79. The highest BCUT2D eigenvalue weighted by Gasteiger charge is 2.17. The SMILES string of the molecule is CC(CCCC(C)(C)O)CCN1CCCN(Cc2ccco2)CC1. The molecule has 4 heteroatoms. The summed E-state index contributed by atoms with van der Waals surface area (Å²) in [6.45, 7) is 13.0. The van der Waals surface area contributed by atoms with Gasteiger partial charge in [0.2, 0.25) is 0 Å². The van der Waals surface area contributed by atoms with Gasteiger partial charge in [0.15, 0.2) is 0 Å². The molecule has 1 N–H and O–H groups in total. The molecule has 0 aliphatic carbocycles. The number of aliphatic hydroxyl groups is 1. The van der Waals surface area contributed by atoms with Crippen LogP contribution in [0.2, 0.25) is 0 Å². The average molecular weight is 337 g/mol. The van der Waals surface area contributed by atoms with E-state index in [1.807, 2.05) is 19.9 Å². The van der Waals surface area contributed by atoms with Crippen LogP contribution in [0.3, 0.4) is 0 Å². The molecule has 0 aromatic carbocycles. The van der Waals surface area contributed by atoms with Crippen molar-refractivity contribution >= 4 is 0 Å². The maximum Gasteiger partial charge on any atom is 0.117 e. The van der Waals surface area contributed by atoms with Crippen LogP contribution in [-0.4, -0.2) is 53.2 Å². The van der Waals surface area contributed by atoms with Crippen LogP contribution in [0, 0.1) is 5.92 Å². The molecule has 4 nitrogen and oxygen atoms in total. The minimum atomic E-state index is -0.512. The van der Waals surface area contributed by atoms with E-state index in [-0.39, 0.29) is 0 Å². The molecule has 1 aliphatic rings. The van der Waals surface area contributed by atoms with Gasteiger partial charge in [-0.3, -0.25) is 4.90 Å². The Bertz CT molecular complexity index is 439. The summed E-state index contributed by atoms with van der Waals surface area (Å²) in [6.07, 6.45) is 7.53. The Hall–Kier alpha value is -0.840. The third kappa shape index (κ3) is 7.82. The van der Waals surface area contributed by atoms with Gasteiger partial charge in [-0.25, -0.2) is 0 Å². The number of rotatable bonds is 9. The van der Waals surface area contributed by atoms with Crippen LogP contribution in [-0.2, 0) is 6.54 Å². The highest BCUT2D eigenvalue weighted by molar-refractivity contribution is 4.98. The van der Waals surface area contributed by atoms with Crippen molar-refractivity contribution in [3.8, 4) is 0 Å². The van der Waals surface area contributed by atoms with Crippen LogP contribution in [0.25, 0.3) is 0 Å². The van der Waals surface area contributed by atoms with Crippen molar-refractivity contribution in [2.45, 2.75) is 65.0 Å². The van der Waals surface area contributed by atoms with Crippen molar-refractivity contribution in [1.82, 2.24) is 9.80 Å². The predicted octanol–water partition coefficient (Wildman–Crippen LogP) is 3.75. The lowest BCUT2D eigenvalue weighted by atomic mass is 9.95. The van der Waals surface area contributed by atoms with Gasteiger partial charge in [0.1, 0.15) is 5.76 Å². The van der Waals surface area contributed by atoms with E-state index in [0.29, 0.717) is 0 Å². The predicted molar refractivity (Wildman–Crippen MR) is 99.0 cm³/mol. The van der Waals surface area contributed by atoms with Gasteiger partial charge in [0, 0.05) is 13.1 Å². The molecule has 24 heavy (non-hydrogen) atoms. The fraction of sp³-hybridized carbons (Fsp3) is 0.800. The Kier molecular flexibility index (Phi) is 7.79. The highest BCUT2D eigenvalue weighted by atomic mass is 16.3. The van der Waals surface area contributed by atoms with Crippen LogP contribution < -0.4 is 0 Å². The molecule has 1 atom stereocenters. The number of furan rings is 1. The van der Waals surface area contributed by atoms with E-state index in [0.717, 1.165) is 44.2 Å². The van der Waals surface area contributed by atoms with Gasteiger partial charge >= 0.3 is 0 Å². The summed E-state index contributed by atoms with van der Waals surface area (Å²) >= 11 is 0. The summed E-state index contributed by atoms with van der Waals surface area (Å²) in [4.78, 5) is 5.13. The minimum absolute atomic E-state index is 0.512. The number of nitrogens with zero attached hydrogens (tertiary/aromatic N) is 2. The van der Waals surface area contributed by atoms with Gasteiger partial charge in [0.25, 0.3) is 0 Å². The summed E-state index contributed by atoms with van der Waals surface area (Å²) in [5.74, 6) is 1.82. The largest absolute Gasteiger partial charge is 0.468 e. The van der Waals surface area contributed by atoms with Crippen LogP contribution >= 0.6 is 0 Å². The Labute approximate surface area is 147 Å². The Balaban J connectivity index is 1.61. The first-order valence-corrected chi connectivity index (χ1v) is 9.62. The number of hydrogen-bond donors (Lipinski definition) is 1. The van der Waals surface area contributed by atoms with E-state index in [1.54, 1.807) is 6.26 Å². The van der Waals surface area contributed by atoms with Crippen LogP contribution in [0.4, 0.5) is 0 Å². The van der Waals surface area contributed by atoms with Crippen molar-refractivity contribution in [3.63, 3.8) is 0 Å². The highest BCUT2D eigenvalue weighted by Crippen LogP contribution is 2.18. The summed E-state index contributed by atoms with van der Waals surface area (Å²) < 4.78 is 5.47. The summed E-state index contributed by atoms with van der Waals surface area (Å²) in [7, 11) is 0. The molecule has 1 unspecified atom stereocenters. The first-order chi connectivity index (χ1) is 11.4. The van der Waals surface area contributed by atoms with Crippen molar-refractivity contribution < 1.29 is 9.52 Å². The van der Waals surface area contributed by atoms with Crippen molar-refractivity contribution in [3.05, 3.63) is 24.2 Å². The molecule has 0 saturated carbocycles. The van der Waals surface area contributed by atoms with Gasteiger partial charge in [-0.1, -0.05) is 19.8 Å². The molecule has 0 radical (unpaired) electrons. The second-order valence-corrected chi connectivity index (χ2v) is 8.15. The van der Waals surface area contributed by atoms with Crippen molar-refractivity contribution in [1.29, 1.82) is 0 Å². The number of hydrogen-bond acceptors (Lipinski definition) is 4. The Morgan fingerprint density at radius 1 is 1.17 bits per heavy atom. The molecule has 0 amide bonds. The summed E-state index contributed by atoms with van der Waals surface area (Å²) in [6, 6.07) is 4.04. The fourth-order valence-electron chi connectivity index (χ4n) is 3.46. The van der Waals surface area contributed by atoms with Crippen molar-refractivity contribution in [2.24, 2.45) is 5.92 Å². The second kappa shape index (κ2) is 9.59. The lowest BCUT2D eigenvalue weighted by Gasteiger charge is -2.23. The molecule has 0 spiro atoms. The lowest BCUT2D eigenvalue weighted by Crippen LogP contribution is -2.31.